The number of rotatable bonds is 1. The van der Waals surface area contributed by atoms with Crippen LogP contribution in [0, 0.1) is 5.82 Å². The molecule has 0 fully saturated rings. The summed E-state index contributed by atoms with van der Waals surface area (Å²) in [6.45, 7) is 0. The first-order valence-corrected chi connectivity index (χ1v) is 4.20. The number of halogens is 1. The number of aromatic amines is 1. The summed E-state index contributed by atoms with van der Waals surface area (Å²) in [6, 6.07) is 5.15. The van der Waals surface area contributed by atoms with Gasteiger partial charge in [0, 0.05) is 10.9 Å². The van der Waals surface area contributed by atoms with Crippen molar-refractivity contribution in [2.45, 2.75) is 0 Å². The highest BCUT2D eigenvalue weighted by Gasteiger charge is 2.08. The van der Waals surface area contributed by atoms with Gasteiger partial charge in [-0.15, -0.1) is 0 Å². The third kappa shape index (κ3) is 1.59. The van der Waals surface area contributed by atoms with Gasteiger partial charge in [-0.05, 0) is 24.3 Å². The van der Waals surface area contributed by atoms with Gasteiger partial charge in [-0.2, -0.15) is 0 Å². The Bertz CT molecular complexity index is 604. The lowest BCUT2D eigenvalue weighted by Crippen LogP contribution is -2.23. The number of H-pyrrole nitrogens is 1. The number of carbonyl (C=O) groups excluding carboxylic acids is 1. The van der Waals surface area contributed by atoms with Gasteiger partial charge < -0.3 is 10.7 Å². The van der Waals surface area contributed by atoms with E-state index in [2.05, 4.69) is 4.98 Å². The maximum Gasteiger partial charge on any atom is 0.261 e. The van der Waals surface area contributed by atoms with Crippen molar-refractivity contribution < 1.29 is 9.18 Å². The normalized spacial score (nSPS) is 10.5. The average Bonchev–Trinajstić information content (AvgIpc) is 2.17. The molecule has 0 radical (unpaired) electrons. The molecule has 0 saturated heterocycles. The molecule has 15 heavy (non-hydrogen) atoms. The topological polar surface area (TPSA) is 76.0 Å². The van der Waals surface area contributed by atoms with E-state index in [0.717, 1.165) is 0 Å². The quantitative estimate of drug-likeness (QED) is 0.722. The van der Waals surface area contributed by atoms with Crippen LogP contribution in [0.5, 0.6) is 0 Å². The van der Waals surface area contributed by atoms with Gasteiger partial charge in [0.2, 0.25) is 0 Å². The third-order valence-electron chi connectivity index (χ3n) is 2.07. The largest absolute Gasteiger partial charge is 0.365 e. The van der Waals surface area contributed by atoms with Crippen molar-refractivity contribution in [1.29, 1.82) is 0 Å². The fraction of sp³-hybridized carbons (Fsp3) is 0. The van der Waals surface area contributed by atoms with E-state index in [4.69, 9.17) is 5.73 Å². The molecule has 2 rings (SSSR count). The molecular weight excluding hydrogens is 199 g/mol. The molecule has 0 saturated carbocycles. The van der Waals surface area contributed by atoms with Crippen LogP contribution < -0.4 is 11.3 Å². The Hall–Kier alpha value is -2.17. The number of nitrogens with one attached hydrogen (secondary N) is 1. The van der Waals surface area contributed by atoms with Gasteiger partial charge in [-0.1, -0.05) is 0 Å². The molecule has 4 nitrogen and oxygen atoms in total. The minimum Gasteiger partial charge on any atom is -0.365 e. The van der Waals surface area contributed by atoms with Crippen LogP contribution in [0.15, 0.2) is 29.1 Å². The van der Waals surface area contributed by atoms with Crippen LogP contribution in [-0.4, -0.2) is 10.9 Å². The van der Waals surface area contributed by atoms with E-state index < -0.39 is 17.3 Å². The number of nitrogens with two attached hydrogens (primary N) is 1. The van der Waals surface area contributed by atoms with E-state index >= 15 is 0 Å². The number of pyridine rings is 1. The van der Waals surface area contributed by atoms with E-state index in [-0.39, 0.29) is 5.56 Å². The van der Waals surface area contributed by atoms with E-state index in [1.807, 2.05) is 0 Å². The standard InChI is InChI=1S/C10H7FN2O2/c11-6-1-2-8-5(3-6)4-7(9(12)14)10(15)13-8/h1-4H,(H2,12,14)(H,13,15). The highest BCUT2D eigenvalue weighted by molar-refractivity contribution is 5.96. The van der Waals surface area contributed by atoms with E-state index in [9.17, 15) is 14.0 Å². The average molecular weight is 206 g/mol. The fourth-order valence-corrected chi connectivity index (χ4v) is 1.36. The van der Waals surface area contributed by atoms with Crippen molar-refractivity contribution in [1.82, 2.24) is 4.98 Å². The molecule has 0 spiro atoms. The summed E-state index contributed by atoms with van der Waals surface area (Å²) in [5.74, 6) is -1.27. The summed E-state index contributed by atoms with van der Waals surface area (Å²) in [5, 5.41) is 0.434. The SMILES string of the molecule is NC(=O)c1cc2cc(F)ccc2[nH]c1=O. The Labute approximate surface area is 83.5 Å². The molecule has 76 valence electrons. The number of benzene rings is 1. The molecule has 1 amide bonds. The van der Waals surface area contributed by atoms with Gasteiger partial charge in [0.15, 0.2) is 0 Å². The monoisotopic (exact) mass is 206 g/mol. The minimum absolute atomic E-state index is 0.173. The molecule has 1 aromatic heterocycles. The molecule has 1 aromatic carbocycles. The van der Waals surface area contributed by atoms with Gasteiger partial charge in [0.25, 0.3) is 11.5 Å². The van der Waals surface area contributed by atoms with Gasteiger partial charge in [-0.25, -0.2) is 4.39 Å². The van der Waals surface area contributed by atoms with Gasteiger partial charge in [0.1, 0.15) is 11.4 Å². The number of fused-ring (bicyclic) bond motifs is 1. The van der Waals surface area contributed by atoms with Crippen LogP contribution in [0.4, 0.5) is 4.39 Å². The summed E-state index contributed by atoms with van der Waals surface area (Å²) in [7, 11) is 0. The molecule has 3 N–H and O–H groups in total. The van der Waals surface area contributed by atoms with Crippen molar-refractivity contribution in [2.75, 3.05) is 0 Å². The molecule has 0 aliphatic heterocycles. The molecule has 0 bridgehead atoms. The second kappa shape index (κ2) is 3.20. The Balaban J connectivity index is 2.83. The summed E-state index contributed by atoms with van der Waals surface area (Å²) in [6.07, 6.45) is 0. The lowest BCUT2D eigenvalue weighted by molar-refractivity contribution is 0.0999. The Morgan fingerprint density at radius 3 is 2.73 bits per heavy atom. The molecule has 0 aliphatic rings. The number of carbonyl (C=O) groups is 1. The van der Waals surface area contributed by atoms with Gasteiger partial charge in [-0.3, -0.25) is 9.59 Å². The van der Waals surface area contributed by atoms with Crippen molar-refractivity contribution in [3.8, 4) is 0 Å². The van der Waals surface area contributed by atoms with E-state index in [1.165, 1.54) is 24.3 Å². The Morgan fingerprint density at radius 1 is 1.33 bits per heavy atom. The lowest BCUT2D eigenvalue weighted by Gasteiger charge is -1.99. The molecule has 0 aliphatic carbocycles. The van der Waals surface area contributed by atoms with Crippen LogP contribution in [0.2, 0.25) is 0 Å². The molecular formula is C10H7FN2O2. The second-order valence-electron chi connectivity index (χ2n) is 3.11. The number of hydrogen-bond acceptors (Lipinski definition) is 2. The highest BCUT2D eigenvalue weighted by atomic mass is 19.1. The maximum atomic E-state index is 12.9. The first-order chi connectivity index (χ1) is 7.08. The number of primary amides is 1. The second-order valence-corrected chi connectivity index (χ2v) is 3.11. The van der Waals surface area contributed by atoms with Gasteiger partial charge >= 0.3 is 0 Å². The highest BCUT2D eigenvalue weighted by Crippen LogP contribution is 2.12. The predicted octanol–water partition coefficient (Wildman–Crippen LogP) is 0.766. The van der Waals surface area contributed by atoms with E-state index in [1.54, 1.807) is 0 Å². The van der Waals surface area contributed by atoms with Crippen LogP contribution in [0.1, 0.15) is 10.4 Å². The van der Waals surface area contributed by atoms with Gasteiger partial charge in [0.05, 0.1) is 0 Å². The molecule has 0 unspecified atom stereocenters. The van der Waals surface area contributed by atoms with Crippen molar-refractivity contribution in [3.63, 3.8) is 0 Å². The van der Waals surface area contributed by atoms with Crippen LogP contribution in [-0.2, 0) is 0 Å². The number of aromatic nitrogens is 1. The molecule has 0 atom stereocenters. The van der Waals surface area contributed by atoms with E-state index in [0.29, 0.717) is 10.9 Å². The fourth-order valence-electron chi connectivity index (χ4n) is 1.36. The maximum absolute atomic E-state index is 12.9. The van der Waals surface area contributed by atoms with Crippen LogP contribution in [0.3, 0.4) is 0 Å². The summed E-state index contributed by atoms with van der Waals surface area (Å²) < 4.78 is 12.9. The molecule has 2 aromatic rings. The summed E-state index contributed by atoms with van der Waals surface area (Å²) in [5.41, 5.74) is 4.71. The summed E-state index contributed by atoms with van der Waals surface area (Å²) >= 11 is 0. The van der Waals surface area contributed by atoms with Crippen LogP contribution in [0.25, 0.3) is 10.9 Å². The van der Waals surface area contributed by atoms with Crippen molar-refractivity contribution in [3.05, 3.63) is 46.0 Å². The zero-order valence-electron chi connectivity index (χ0n) is 7.58. The zero-order chi connectivity index (χ0) is 11.0. The minimum atomic E-state index is -0.831. The first-order valence-electron chi connectivity index (χ1n) is 4.20. The zero-order valence-corrected chi connectivity index (χ0v) is 7.58. The number of hydrogen-bond donors (Lipinski definition) is 2. The molecule has 5 heteroatoms. The summed E-state index contributed by atoms with van der Waals surface area (Å²) in [4.78, 5) is 24.6. The lowest BCUT2D eigenvalue weighted by atomic mass is 10.1. The smallest absolute Gasteiger partial charge is 0.261 e. The predicted molar refractivity (Wildman–Crippen MR) is 53.0 cm³/mol. The Morgan fingerprint density at radius 2 is 2.07 bits per heavy atom. The number of amides is 1. The van der Waals surface area contributed by atoms with Crippen molar-refractivity contribution in [2.24, 2.45) is 5.73 Å². The third-order valence-corrected chi connectivity index (χ3v) is 2.07. The molecule has 1 heterocycles. The Kier molecular flexibility index (Phi) is 2.00. The van der Waals surface area contributed by atoms with Crippen molar-refractivity contribution >= 4 is 16.8 Å². The van der Waals surface area contributed by atoms with Crippen LogP contribution >= 0.6 is 0 Å². The first kappa shape index (κ1) is 9.39.